The van der Waals surface area contributed by atoms with E-state index in [2.05, 4.69) is 6.92 Å². The Morgan fingerprint density at radius 3 is 2.60 bits per heavy atom. The number of carbonyl (C=O) groups is 1. The van der Waals surface area contributed by atoms with Gasteiger partial charge in [-0.15, -0.1) is 0 Å². The lowest BCUT2D eigenvalue weighted by Gasteiger charge is -2.01. The van der Waals surface area contributed by atoms with Crippen LogP contribution in [0.1, 0.15) is 58.8 Å². The molecule has 0 radical (unpaired) electrons. The van der Waals surface area contributed by atoms with E-state index in [9.17, 15) is 4.79 Å². The fraction of sp³-hybridized carbons (Fsp3) is 0.923. The van der Waals surface area contributed by atoms with E-state index in [0.717, 1.165) is 6.42 Å². The van der Waals surface area contributed by atoms with E-state index < -0.39 is 0 Å². The van der Waals surface area contributed by atoms with Gasteiger partial charge in [-0.1, -0.05) is 39.0 Å². The summed E-state index contributed by atoms with van der Waals surface area (Å²) >= 11 is 0. The standard InChI is InChI=1S/C13H24O2/c1-3-5-6-7-8-9-11-10-12(11)13(14)15-4-2/h11-12H,3-10H2,1-2H3. The van der Waals surface area contributed by atoms with Crippen molar-refractivity contribution in [2.45, 2.75) is 58.8 Å². The van der Waals surface area contributed by atoms with Crippen molar-refractivity contribution in [1.82, 2.24) is 0 Å². The largest absolute Gasteiger partial charge is 0.466 e. The zero-order valence-corrected chi connectivity index (χ0v) is 10.1. The SMILES string of the molecule is CCCCCCCC1CC1C(=O)OCC. The molecule has 1 aliphatic carbocycles. The fourth-order valence-electron chi connectivity index (χ4n) is 2.11. The quantitative estimate of drug-likeness (QED) is 0.454. The Balaban J connectivity index is 1.95. The van der Waals surface area contributed by atoms with Crippen molar-refractivity contribution >= 4 is 5.97 Å². The molecule has 0 heterocycles. The molecule has 0 aliphatic heterocycles. The van der Waals surface area contributed by atoms with Crippen LogP contribution in [0, 0.1) is 11.8 Å². The highest BCUT2D eigenvalue weighted by molar-refractivity contribution is 5.75. The molecule has 2 heteroatoms. The maximum absolute atomic E-state index is 11.3. The number of ether oxygens (including phenoxy) is 1. The van der Waals surface area contributed by atoms with Crippen molar-refractivity contribution in [3.05, 3.63) is 0 Å². The van der Waals surface area contributed by atoms with Gasteiger partial charge < -0.3 is 4.74 Å². The van der Waals surface area contributed by atoms with Gasteiger partial charge in [-0.3, -0.25) is 4.79 Å². The van der Waals surface area contributed by atoms with E-state index in [0.29, 0.717) is 12.5 Å². The molecule has 0 aromatic rings. The van der Waals surface area contributed by atoms with Gasteiger partial charge in [0.2, 0.25) is 0 Å². The van der Waals surface area contributed by atoms with Gasteiger partial charge in [-0.25, -0.2) is 0 Å². The van der Waals surface area contributed by atoms with Gasteiger partial charge in [0, 0.05) is 0 Å². The van der Waals surface area contributed by atoms with E-state index in [-0.39, 0.29) is 11.9 Å². The lowest BCUT2D eigenvalue weighted by molar-refractivity contribution is -0.145. The van der Waals surface area contributed by atoms with Crippen molar-refractivity contribution < 1.29 is 9.53 Å². The van der Waals surface area contributed by atoms with Crippen LogP contribution in [0.4, 0.5) is 0 Å². The van der Waals surface area contributed by atoms with Crippen molar-refractivity contribution in [3.63, 3.8) is 0 Å². The third kappa shape index (κ3) is 4.67. The van der Waals surface area contributed by atoms with Crippen LogP contribution < -0.4 is 0 Å². The highest BCUT2D eigenvalue weighted by Gasteiger charge is 2.43. The summed E-state index contributed by atoms with van der Waals surface area (Å²) in [7, 11) is 0. The van der Waals surface area contributed by atoms with E-state index >= 15 is 0 Å². The second-order valence-electron chi connectivity index (χ2n) is 4.56. The van der Waals surface area contributed by atoms with Gasteiger partial charge in [0.05, 0.1) is 12.5 Å². The molecule has 15 heavy (non-hydrogen) atoms. The third-order valence-corrected chi connectivity index (χ3v) is 3.19. The average Bonchev–Trinajstić information content (AvgIpc) is 2.97. The molecule has 1 aliphatic rings. The molecule has 0 spiro atoms. The zero-order valence-electron chi connectivity index (χ0n) is 10.1. The molecule has 2 nitrogen and oxygen atoms in total. The predicted molar refractivity (Wildman–Crippen MR) is 61.6 cm³/mol. The van der Waals surface area contributed by atoms with Crippen molar-refractivity contribution in [3.8, 4) is 0 Å². The van der Waals surface area contributed by atoms with Crippen molar-refractivity contribution in [2.75, 3.05) is 6.61 Å². The topological polar surface area (TPSA) is 26.3 Å². The van der Waals surface area contributed by atoms with Crippen LogP contribution in [0.5, 0.6) is 0 Å². The van der Waals surface area contributed by atoms with Gasteiger partial charge in [0.15, 0.2) is 0 Å². The van der Waals surface area contributed by atoms with Gasteiger partial charge in [-0.2, -0.15) is 0 Å². The van der Waals surface area contributed by atoms with Crippen LogP contribution in [0.25, 0.3) is 0 Å². The summed E-state index contributed by atoms with van der Waals surface area (Å²) in [5, 5.41) is 0. The summed E-state index contributed by atoms with van der Waals surface area (Å²) < 4.78 is 5.00. The fourth-order valence-corrected chi connectivity index (χ4v) is 2.11. The molecule has 1 fully saturated rings. The third-order valence-electron chi connectivity index (χ3n) is 3.19. The predicted octanol–water partition coefficient (Wildman–Crippen LogP) is 3.55. The first-order chi connectivity index (χ1) is 7.29. The molecule has 0 aromatic heterocycles. The molecular formula is C13H24O2. The number of hydrogen-bond donors (Lipinski definition) is 0. The average molecular weight is 212 g/mol. The van der Waals surface area contributed by atoms with Crippen LogP contribution >= 0.6 is 0 Å². The molecule has 0 saturated heterocycles. The molecule has 0 N–H and O–H groups in total. The summed E-state index contributed by atoms with van der Waals surface area (Å²) in [5.41, 5.74) is 0. The molecule has 2 atom stereocenters. The minimum absolute atomic E-state index is 0.0380. The lowest BCUT2D eigenvalue weighted by Crippen LogP contribution is -2.07. The Labute approximate surface area is 93.4 Å². The number of esters is 1. The highest BCUT2D eigenvalue weighted by atomic mass is 16.5. The Hall–Kier alpha value is -0.530. The van der Waals surface area contributed by atoms with Crippen LogP contribution in [-0.4, -0.2) is 12.6 Å². The van der Waals surface area contributed by atoms with Gasteiger partial charge >= 0.3 is 5.97 Å². The number of rotatable bonds is 8. The molecule has 0 bridgehead atoms. The van der Waals surface area contributed by atoms with E-state index in [1.807, 2.05) is 6.92 Å². The number of unbranched alkanes of at least 4 members (excludes halogenated alkanes) is 4. The minimum atomic E-state index is 0.0380. The normalized spacial score (nSPS) is 23.9. The van der Waals surface area contributed by atoms with Crippen LogP contribution in [0.2, 0.25) is 0 Å². The molecule has 1 rings (SSSR count). The Bertz CT molecular complexity index is 189. The number of carbonyl (C=O) groups excluding carboxylic acids is 1. The minimum Gasteiger partial charge on any atom is -0.466 e. The maximum atomic E-state index is 11.3. The van der Waals surface area contributed by atoms with E-state index in [4.69, 9.17) is 4.74 Å². The molecule has 0 aromatic carbocycles. The van der Waals surface area contributed by atoms with Crippen LogP contribution in [0.15, 0.2) is 0 Å². The maximum Gasteiger partial charge on any atom is 0.309 e. The van der Waals surface area contributed by atoms with Crippen molar-refractivity contribution in [1.29, 1.82) is 0 Å². The van der Waals surface area contributed by atoms with Crippen LogP contribution in [0.3, 0.4) is 0 Å². The molecule has 2 unspecified atom stereocenters. The molecule has 0 amide bonds. The second-order valence-corrected chi connectivity index (χ2v) is 4.56. The second kappa shape index (κ2) is 6.86. The van der Waals surface area contributed by atoms with Crippen molar-refractivity contribution in [2.24, 2.45) is 11.8 Å². The van der Waals surface area contributed by atoms with E-state index in [1.54, 1.807) is 0 Å². The Morgan fingerprint density at radius 1 is 1.20 bits per heavy atom. The lowest BCUT2D eigenvalue weighted by atomic mass is 10.1. The summed E-state index contributed by atoms with van der Waals surface area (Å²) in [6.07, 6.45) is 8.94. The first-order valence-corrected chi connectivity index (χ1v) is 6.46. The zero-order chi connectivity index (χ0) is 11.1. The first kappa shape index (κ1) is 12.5. The summed E-state index contributed by atoms with van der Waals surface area (Å²) in [6, 6.07) is 0. The molecule has 88 valence electrons. The van der Waals surface area contributed by atoms with Gasteiger partial charge in [-0.05, 0) is 25.7 Å². The monoisotopic (exact) mass is 212 g/mol. The van der Waals surface area contributed by atoms with Gasteiger partial charge in [0.25, 0.3) is 0 Å². The van der Waals surface area contributed by atoms with Gasteiger partial charge in [0.1, 0.15) is 0 Å². The Kier molecular flexibility index (Phi) is 5.74. The van der Waals surface area contributed by atoms with E-state index in [1.165, 1.54) is 38.5 Å². The van der Waals surface area contributed by atoms with Crippen LogP contribution in [-0.2, 0) is 9.53 Å². The summed E-state index contributed by atoms with van der Waals surface area (Å²) in [5.74, 6) is 0.929. The smallest absolute Gasteiger partial charge is 0.309 e. The number of hydrogen-bond acceptors (Lipinski definition) is 2. The first-order valence-electron chi connectivity index (χ1n) is 6.46. The molecular weight excluding hydrogens is 188 g/mol. The Morgan fingerprint density at radius 2 is 1.93 bits per heavy atom. The summed E-state index contributed by atoms with van der Waals surface area (Å²) in [6.45, 7) is 4.64. The molecule has 1 saturated carbocycles. The summed E-state index contributed by atoms with van der Waals surface area (Å²) in [4.78, 5) is 11.3. The highest BCUT2D eigenvalue weighted by Crippen LogP contribution is 2.43.